The van der Waals surface area contributed by atoms with E-state index in [1.165, 1.54) is 29.2 Å². The van der Waals surface area contributed by atoms with Crippen LogP contribution in [-0.4, -0.2) is 44.1 Å². The number of imide groups is 1. The number of hydrogen-bond acceptors (Lipinski definition) is 6. The van der Waals surface area contributed by atoms with Crippen molar-refractivity contribution in [3.05, 3.63) is 82.8 Å². The highest BCUT2D eigenvalue weighted by molar-refractivity contribution is 8.26. The topological polar surface area (TPSA) is 95.0 Å². The summed E-state index contributed by atoms with van der Waals surface area (Å²) in [6.45, 7) is 0. The standard InChI is InChI=1S/C23H16N2O5S2/c26-19-13-17(20(27)24(19)16-11-9-15(10-12-16)22(29)30)25-21(28)18(32-23(25)31)8-4-7-14-5-2-1-3-6-14/h1-12,17H,13H2,(H,29,30)/b7-4+,18-8-/t17-/m1/s1. The second-order valence-corrected chi connectivity index (χ2v) is 8.66. The number of amides is 3. The van der Waals surface area contributed by atoms with Crippen molar-refractivity contribution in [1.82, 2.24) is 4.90 Å². The average molecular weight is 465 g/mol. The summed E-state index contributed by atoms with van der Waals surface area (Å²) < 4.78 is 0.212. The summed E-state index contributed by atoms with van der Waals surface area (Å²) in [6, 6.07) is 13.9. The van der Waals surface area contributed by atoms with Gasteiger partial charge >= 0.3 is 5.97 Å². The van der Waals surface area contributed by atoms with E-state index in [4.69, 9.17) is 17.3 Å². The van der Waals surface area contributed by atoms with Gasteiger partial charge in [-0.3, -0.25) is 19.3 Å². The van der Waals surface area contributed by atoms with Crippen molar-refractivity contribution in [3.63, 3.8) is 0 Å². The lowest BCUT2D eigenvalue weighted by Gasteiger charge is -2.21. The van der Waals surface area contributed by atoms with E-state index in [1.54, 1.807) is 12.2 Å². The molecule has 0 aliphatic carbocycles. The molecule has 2 aliphatic heterocycles. The normalized spacial score (nSPS) is 20.2. The molecule has 0 unspecified atom stereocenters. The number of carbonyl (C=O) groups is 4. The van der Waals surface area contributed by atoms with Gasteiger partial charge in [0.1, 0.15) is 10.4 Å². The lowest BCUT2D eigenvalue weighted by Crippen LogP contribution is -2.44. The zero-order valence-electron chi connectivity index (χ0n) is 16.5. The molecule has 2 aromatic carbocycles. The first-order chi connectivity index (χ1) is 15.4. The first-order valence-corrected chi connectivity index (χ1v) is 10.8. The van der Waals surface area contributed by atoms with Gasteiger partial charge in [-0.25, -0.2) is 9.69 Å². The minimum Gasteiger partial charge on any atom is -0.478 e. The first kappa shape index (κ1) is 21.7. The molecule has 1 N–H and O–H groups in total. The molecule has 2 aliphatic rings. The highest BCUT2D eigenvalue weighted by atomic mass is 32.2. The van der Waals surface area contributed by atoms with Gasteiger partial charge < -0.3 is 5.11 Å². The van der Waals surface area contributed by atoms with Crippen LogP contribution < -0.4 is 4.90 Å². The van der Waals surface area contributed by atoms with E-state index < -0.39 is 29.7 Å². The summed E-state index contributed by atoms with van der Waals surface area (Å²) in [5.74, 6) is -2.59. The summed E-state index contributed by atoms with van der Waals surface area (Å²) in [6.07, 6.45) is 5.02. The van der Waals surface area contributed by atoms with Gasteiger partial charge in [0.15, 0.2) is 0 Å². The van der Waals surface area contributed by atoms with Crippen molar-refractivity contribution in [2.75, 3.05) is 4.90 Å². The van der Waals surface area contributed by atoms with Gasteiger partial charge in [-0.05, 0) is 35.9 Å². The van der Waals surface area contributed by atoms with E-state index in [9.17, 15) is 19.2 Å². The lowest BCUT2D eigenvalue weighted by molar-refractivity contribution is -0.130. The Morgan fingerprint density at radius 1 is 1.06 bits per heavy atom. The van der Waals surface area contributed by atoms with Crippen LogP contribution in [0.1, 0.15) is 22.3 Å². The van der Waals surface area contributed by atoms with E-state index in [1.807, 2.05) is 36.4 Å². The average Bonchev–Trinajstić information content (AvgIpc) is 3.22. The predicted octanol–water partition coefficient (Wildman–Crippen LogP) is 3.47. The van der Waals surface area contributed by atoms with Crippen molar-refractivity contribution < 1.29 is 24.3 Å². The number of thiocarbonyl (C=S) groups is 1. The molecule has 32 heavy (non-hydrogen) atoms. The summed E-state index contributed by atoms with van der Waals surface area (Å²) in [5, 5.41) is 9.02. The number of aromatic carboxylic acids is 1. The Morgan fingerprint density at radius 3 is 2.41 bits per heavy atom. The molecular weight excluding hydrogens is 448 g/mol. The third-order valence-corrected chi connectivity index (χ3v) is 6.31. The Bertz CT molecular complexity index is 1190. The molecule has 0 bridgehead atoms. The van der Waals surface area contributed by atoms with Crippen LogP contribution in [0.3, 0.4) is 0 Å². The van der Waals surface area contributed by atoms with Gasteiger partial charge in [-0.1, -0.05) is 66.5 Å². The smallest absolute Gasteiger partial charge is 0.335 e. The molecule has 0 saturated carbocycles. The zero-order chi connectivity index (χ0) is 22.8. The Hall–Kier alpha value is -3.56. The van der Waals surface area contributed by atoms with Crippen LogP contribution in [-0.2, 0) is 14.4 Å². The van der Waals surface area contributed by atoms with Crippen molar-refractivity contribution in [3.8, 4) is 0 Å². The Balaban J connectivity index is 1.52. The van der Waals surface area contributed by atoms with E-state index >= 15 is 0 Å². The molecule has 4 rings (SSSR count). The predicted molar refractivity (Wildman–Crippen MR) is 125 cm³/mol. The fourth-order valence-corrected chi connectivity index (χ4v) is 4.72. The third-order valence-electron chi connectivity index (χ3n) is 4.97. The number of carbonyl (C=O) groups excluding carboxylic acids is 3. The second-order valence-electron chi connectivity index (χ2n) is 6.98. The van der Waals surface area contributed by atoms with Gasteiger partial charge in [-0.2, -0.15) is 0 Å². The number of rotatable bonds is 5. The van der Waals surface area contributed by atoms with Crippen molar-refractivity contribution in [2.24, 2.45) is 0 Å². The Kier molecular flexibility index (Phi) is 6.02. The maximum atomic E-state index is 13.0. The van der Waals surface area contributed by atoms with E-state index in [0.717, 1.165) is 22.2 Å². The van der Waals surface area contributed by atoms with Gasteiger partial charge in [0.25, 0.3) is 11.8 Å². The van der Waals surface area contributed by atoms with Gasteiger partial charge in [0.2, 0.25) is 5.91 Å². The molecule has 9 heteroatoms. The molecule has 2 saturated heterocycles. The van der Waals surface area contributed by atoms with Crippen LogP contribution in [0.5, 0.6) is 0 Å². The fraction of sp³-hybridized carbons (Fsp3) is 0.0870. The maximum Gasteiger partial charge on any atom is 0.335 e. The molecule has 2 fully saturated rings. The number of benzene rings is 2. The van der Waals surface area contributed by atoms with E-state index in [0.29, 0.717) is 4.91 Å². The van der Waals surface area contributed by atoms with Crippen molar-refractivity contribution in [1.29, 1.82) is 0 Å². The largest absolute Gasteiger partial charge is 0.478 e. The summed E-state index contributed by atoms with van der Waals surface area (Å²) in [4.78, 5) is 52.1. The number of anilines is 1. The molecule has 0 radical (unpaired) electrons. The number of nitrogens with zero attached hydrogens (tertiary/aromatic N) is 2. The third kappa shape index (κ3) is 4.12. The number of carboxylic acids is 1. The fourth-order valence-electron chi connectivity index (χ4n) is 3.42. The monoisotopic (exact) mass is 464 g/mol. The van der Waals surface area contributed by atoms with Crippen LogP contribution in [0.2, 0.25) is 0 Å². The number of thioether (sulfide) groups is 1. The summed E-state index contributed by atoms with van der Waals surface area (Å²) in [5.41, 5.74) is 1.26. The molecule has 160 valence electrons. The lowest BCUT2D eigenvalue weighted by atomic mass is 10.2. The molecule has 1 atom stereocenters. The van der Waals surface area contributed by atoms with Gasteiger partial charge in [0.05, 0.1) is 22.6 Å². The Labute approximate surface area is 193 Å². The van der Waals surface area contributed by atoms with Crippen molar-refractivity contribution in [2.45, 2.75) is 12.5 Å². The first-order valence-electron chi connectivity index (χ1n) is 9.56. The summed E-state index contributed by atoms with van der Waals surface area (Å²) >= 11 is 6.40. The minimum absolute atomic E-state index is 0.0371. The highest BCUT2D eigenvalue weighted by Crippen LogP contribution is 2.36. The highest BCUT2D eigenvalue weighted by Gasteiger charge is 2.48. The molecule has 2 heterocycles. The number of carboxylic acid groups (broad SMARTS) is 1. The SMILES string of the molecule is O=C(O)c1ccc(N2C(=O)C[C@@H](N3C(=O)/C(=C/C=C/c4ccccc4)SC3=S)C2=O)cc1. The number of hydrogen-bond donors (Lipinski definition) is 1. The molecule has 7 nitrogen and oxygen atoms in total. The molecular formula is C23H16N2O5S2. The Morgan fingerprint density at radius 2 is 1.75 bits per heavy atom. The molecule has 3 amide bonds. The molecule has 2 aromatic rings. The molecule has 0 aromatic heterocycles. The van der Waals surface area contributed by atoms with Crippen LogP contribution in [0.15, 0.2) is 71.7 Å². The second kappa shape index (κ2) is 8.89. The number of allylic oxidation sites excluding steroid dienone is 2. The zero-order valence-corrected chi connectivity index (χ0v) is 18.1. The molecule has 0 spiro atoms. The van der Waals surface area contributed by atoms with Crippen LogP contribution in [0.25, 0.3) is 6.08 Å². The summed E-state index contributed by atoms with van der Waals surface area (Å²) in [7, 11) is 0. The van der Waals surface area contributed by atoms with Gasteiger partial charge in [-0.15, -0.1) is 0 Å². The van der Waals surface area contributed by atoms with E-state index in [2.05, 4.69) is 0 Å². The minimum atomic E-state index is -1.11. The van der Waals surface area contributed by atoms with Crippen LogP contribution in [0, 0.1) is 0 Å². The van der Waals surface area contributed by atoms with Crippen molar-refractivity contribution >= 4 is 63.8 Å². The van der Waals surface area contributed by atoms with Gasteiger partial charge in [0, 0.05) is 0 Å². The van der Waals surface area contributed by atoms with E-state index in [-0.39, 0.29) is 22.0 Å². The van der Waals surface area contributed by atoms with Crippen LogP contribution in [0.4, 0.5) is 5.69 Å². The quantitative estimate of drug-likeness (QED) is 0.411. The van der Waals surface area contributed by atoms with Crippen LogP contribution >= 0.6 is 24.0 Å². The maximum absolute atomic E-state index is 13.0.